The average molecular weight is 268 g/mol. The van der Waals surface area contributed by atoms with Crippen LogP contribution in [0, 0.1) is 0 Å². The third-order valence-electron chi connectivity index (χ3n) is 4.17. The Hall–Kier alpha value is -2.03. The van der Waals surface area contributed by atoms with Crippen molar-refractivity contribution in [3.8, 4) is 0 Å². The number of aryl methyl sites for hydroxylation is 1. The molecular weight excluding hydrogens is 248 g/mol. The van der Waals surface area contributed by atoms with Crippen LogP contribution in [0.5, 0.6) is 0 Å². The van der Waals surface area contributed by atoms with Gasteiger partial charge in [0.05, 0.1) is 5.52 Å². The first kappa shape index (κ1) is 13.0. The zero-order valence-electron chi connectivity index (χ0n) is 11.9. The van der Waals surface area contributed by atoms with Crippen LogP contribution in [0.3, 0.4) is 0 Å². The lowest BCUT2D eigenvalue weighted by atomic mass is 10.1. The molecule has 0 aliphatic carbocycles. The number of nitrogens with zero attached hydrogens (tertiary/aromatic N) is 2. The Balaban J connectivity index is 2.05. The van der Waals surface area contributed by atoms with E-state index in [1.807, 2.05) is 40.8 Å². The summed E-state index contributed by atoms with van der Waals surface area (Å²) in [6.45, 7) is 5.62. The number of likely N-dealkylation sites (tertiary alicyclic amines) is 1. The maximum atomic E-state index is 12.7. The summed E-state index contributed by atoms with van der Waals surface area (Å²) in [6, 6.07) is 8.09. The van der Waals surface area contributed by atoms with Crippen LogP contribution >= 0.6 is 0 Å². The minimum absolute atomic E-state index is 0.151. The molecule has 1 amide bonds. The number of aromatic nitrogens is 1. The van der Waals surface area contributed by atoms with Gasteiger partial charge in [0, 0.05) is 25.5 Å². The van der Waals surface area contributed by atoms with Gasteiger partial charge < -0.3 is 9.47 Å². The van der Waals surface area contributed by atoms with Crippen molar-refractivity contribution in [2.75, 3.05) is 13.1 Å². The molecule has 20 heavy (non-hydrogen) atoms. The molecule has 1 aromatic carbocycles. The molecule has 1 fully saturated rings. The summed E-state index contributed by atoms with van der Waals surface area (Å²) < 4.78 is 2.00. The van der Waals surface area contributed by atoms with Crippen LogP contribution in [-0.2, 0) is 7.05 Å². The largest absolute Gasteiger partial charge is 0.339 e. The summed E-state index contributed by atoms with van der Waals surface area (Å²) in [5.41, 5.74) is 2.93. The number of fused-ring (bicyclic) bond motifs is 1. The Morgan fingerprint density at radius 3 is 2.70 bits per heavy atom. The smallest absolute Gasteiger partial charge is 0.270 e. The molecule has 3 heteroatoms. The highest BCUT2D eigenvalue weighted by Crippen LogP contribution is 2.25. The number of amides is 1. The highest BCUT2D eigenvalue weighted by Gasteiger charge is 2.22. The normalized spacial score (nSPS) is 15.6. The van der Waals surface area contributed by atoms with Crippen LogP contribution in [0.4, 0.5) is 0 Å². The second kappa shape index (κ2) is 5.16. The summed E-state index contributed by atoms with van der Waals surface area (Å²) >= 11 is 0. The van der Waals surface area contributed by atoms with Gasteiger partial charge in [-0.25, -0.2) is 0 Å². The van der Waals surface area contributed by atoms with Gasteiger partial charge in [-0.3, -0.25) is 4.79 Å². The van der Waals surface area contributed by atoms with Gasteiger partial charge in [0.15, 0.2) is 0 Å². The Morgan fingerprint density at radius 2 is 2.00 bits per heavy atom. The highest BCUT2D eigenvalue weighted by molar-refractivity contribution is 6.00. The fourth-order valence-corrected chi connectivity index (χ4v) is 3.08. The van der Waals surface area contributed by atoms with Crippen LogP contribution in [0.15, 0.2) is 30.8 Å². The minimum Gasteiger partial charge on any atom is -0.339 e. The van der Waals surface area contributed by atoms with Crippen molar-refractivity contribution in [2.45, 2.75) is 19.3 Å². The fraction of sp³-hybridized carbons (Fsp3) is 0.353. The topological polar surface area (TPSA) is 25.2 Å². The van der Waals surface area contributed by atoms with Crippen molar-refractivity contribution in [1.82, 2.24) is 9.47 Å². The van der Waals surface area contributed by atoms with Crippen molar-refractivity contribution >= 4 is 22.9 Å². The van der Waals surface area contributed by atoms with Gasteiger partial charge in [-0.1, -0.05) is 30.9 Å². The van der Waals surface area contributed by atoms with Gasteiger partial charge in [-0.05, 0) is 30.9 Å². The van der Waals surface area contributed by atoms with Crippen molar-refractivity contribution < 1.29 is 4.79 Å². The molecule has 1 aliphatic heterocycles. The van der Waals surface area contributed by atoms with E-state index < -0.39 is 0 Å². The zero-order chi connectivity index (χ0) is 14.1. The predicted octanol–water partition coefficient (Wildman–Crippen LogP) is 3.45. The molecule has 3 rings (SSSR count). The summed E-state index contributed by atoms with van der Waals surface area (Å²) in [5.74, 6) is 0.151. The molecule has 2 aromatic rings. The van der Waals surface area contributed by atoms with E-state index in [0.29, 0.717) is 0 Å². The number of benzene rings is 1. The number of rotatable bonds is 2. The quantitative estimate of drug-likeness (QED) is 0.819. The van der Waals surface area contributed by atoms with E-state index in [-0.39, 0.29) is 5.91 Å². The van der Waals surface area contributed by atoms with Crippen LogP contribution in [0.25, 0.3) is 17.0 Å². The molecule has 1 aliphatic rings. The van der Waals surface area contributed by atoms with Gasteiger partial charge >= 0.3 is 0 Å². The molecule has 2 heterocycles. The van der Waals surface area contributed by atoms with Crippen molar-refractivity contribution in [3.63, 3.8) is 0 Å². The van der Waals surface area contributed by atoms with Crippen molar-refractivity contribution in [2.24, 2.45) is 7.05 Å². The fourth-order valence-electron chi connectivity index (χ4n) is 3.08. The first-order valence-electron chi connectivity index (χ1n) is 7.22. The molecule has 1 saturated heterocycles. The molecule has 104 valence electrons. The standard InChI is InChI=1S/C17H20N2O/c1-3-13-8-7-9-14-12-15(18(2)16(13)14)17(20)19-10-5-4-6-11-19/h3,7-9,12H,1,4-6,10-11H2,2H3. The Kier molecular flexibility index (Phi) is 3.35. The minimum atomic E-state index is 0.151. The molecule has 0 saturated carbocycles. The molecule has 3 nitrogen and oxygen atoms in total. The average Bonchev–Trinajstić information content (AvgIpc) is 2.85. The first-order valence-corrected chi connectivity index (χ1v) is 7.22. The van der Waals surface area contributed by atoms with Gasteiger partial charge in [-0.2, -0.15) is 0 Å². The van der Waals surface area contributed by atoms with Gasteiger partial charge in [0.25, 0.3) is 5.91 Å². The molecule has 0 atom stereocenters. The maximum absolute atomic E-state index is 12.7. The monoisotopic (exact) mass is 268 g/mol. The molecular formula is C17H20N2O. The van der Waals surface area contributed by atoms with Crippen molar-refractivity contribution in [3.05, 3.63) is 42.1 Å². The number of hydrogen-bond acceptors (Lipinski definition) is 1. The molecule has 0 spiro atoms. The lowest BCUT2D eigenvalue weighted by Gasteiger charge is -2.26. The summed E-state index contributed by atoms with van der Waals surface area (Å²) in [5, 5.41) is 1.10. The lowest BCUT2D eigenvalue weighted by molar-refractivity contribution is 0.0715. The number of para-hydroxylation sites is 1. The van der Waals surface area contributed by atoms with E-state index in [1.54, 1.807) is 0 Å². The number of hydrogen-bond donors (Lipinski definition) is 0. The Labute approximate surface area is 119 Å². The first-order chi connectivity index (χ1) is 9.72. The van der Waals surface area contributed by atoms with Crippen LogP contribution in [0.2, 0.25) is 0 Å². The maximum Gasteiger partial charge on any atom is 0.270 e. The Morgan fingerprint density at radius 1 is 1.25 bits per heavy atom. The number of carbonyl (C=O) groups excluding carboxylic acids is 1. The van der Waals surface area contributed by atoms with E-state index in [2.05, 4.69) is 12.6 Å². The van der Waals surface area contributed by atoms with E-state index >= 15 is 0 Å². The molecule has 0 bridgehead atoms. The predicted molar refractivity (Wildman–Crippen MR) is 82.8 cm³/mol. The van der Waals surface area contributed by atoms with E-state index in [9.17, 15) is 4.79 Å². The van der Waals surface area contributed by atoms with Gasteiger partial charge in [0.2, 0.25) is 0 Å². The number of piperidine rings is 1. The second-order valence-corrected chi connectivity index (χ2v) is 5.43. The SMILES string of the molecule is C=Cc1cccc2cc(C(=O)N3CCCCC3)n(C)c12. The zero-order valence-corrected chi connectivity index (χ0v) is 11.9. The number of carbonyl (C=O) groups is 1. The van der Waals surface area contributed by atoms with Crippen LogP contribution < -0.4 is 0 Å². The van der Waals surface area contributed by atoms with Crippen LogP contribution in [0.1, 0.15) is 35.3 Å². The van der Waals surface area contributed by atoms with Gasteiger partial charge in [-0.15, -0.1) is 0 Å². The van der Waals surface area contributed by atoms with E-state index in [1.165, 1.54) is 6.42 Å². The third-order valence-corrected chi connectivity index (χ3v) is 4.17. The molecule has 1 aromatic heterocycles. The second-order valence-electron chi connectivity index (χ2n) is 5.43. The molecule has 0 unspecified atom stereocenters. The summed E-state index contributed by atoms with van der Waals surface area (Å²) in [4.78, 5) is 14.6. The van der Waals surface area contributed by atoms with Crippen LogP contribution in [-0.4, -0.2) is 28.5 Å². The molecule has 0 radical (unpaired) electrons. The highest BCUT2D eigenvalue weighted by atomic mass is 16.2. The van der Waals surface area contributed by atoms with Crippen molar-refractivity contribution in [1.29, 1.82) is 0 Å². The Bertz CT molecular complexity index is 663. The summed E-state index contributed by atoms with van der Waals surface area (Å²) in [7, 11) is 1.96. The summed E-state index contributed by atoms with van der Waals surface area (Å²) in [6.07, 6.45) is 5.32. The van der Waals surface area contributed by atoms with E-state index in [4.69, 9.17) is 0 Å². The van der Waals surface area contributed by atoms with E-state index in [0.717, 1.165) is 48.1 Å². The van der Waals surface area contributed by atoms with Gasteiger partial charge in [0.1, 0.15) is 5.69 Å². The lowest BCUT2D eigenvalue weighted by Crippen LogP contribution is -2.36. The molecule has 0 N–H and O–H groups in total. The third kappa shape index (κ3) is 2.03.